The first kappa shape index (κ1) is 23.6. The summed E-state index contributed by atoms with van der Waals surface area (Å²) in [4.78, 5) is 26.6. The molecule has 2 rings (SSSR count). The zero-order valence-corrected chi connectivity index (χ0v) is 18.6. The standard InChI is InChI=1S/C22H24Cl2N2O4/c1-4-9-26(14-21(27)25-20-12-16(23)6-7-19(20)24)22(28)8-5-15-10-17(29-2)13-18(11-15)30-3/h5-8,10-13H,4,9,14H2,1-3H3,(H,25,27). The number of methoxy groups -OCH3 is 2. The van der Waals surface area contributed by atoms with Crippen molar-refractivity contribution in [2.24, 2.45) is 0 Å². The van der Waals surface area contributed by atoms with E-state index in [1.165, 1.54) is 11.0 Å². The molecule has 8 heteroatoms. The summed E-state index contributed by atoms with van der Waals surface area (Å²) in [7, 11) is 3.11. The summed E-state index contributed by atoms with van der Waals surface area (Å²) < 4.78 is 10.5. The number of ether oxygens (including phenoxy) is 2. The number of nitrogens with zero attached hydrogens (tertiary/aromatic N) is 1. The van der Waals surface area contributed by atoms with Crippen molar-refractivity contribution in [3.8, 4) is 11.5 Å². The third kappa shape index (κ3) is 6.97. The van der Waals surface area contributed by atoms with Gasteiger partial charge in [0, 0.05) is 23.7 Å². The van der Waals surface area contributed by atoms with Crippen LogP contribution in [0.4, 0.5) is 5.69 Å². The molecule has 30 heavy (non-hydrogen) atoms. The van der Waals surface area contributed by atoms with Crippen molar-refractivity contribution in [1.29, 1.82) is 0 Å². The highest BCUT2D eigenvalue weighted by Crippen LogP contribution is 2.25. The zero-order valence-electron chi connectivity index (χ0n) is 17.1. The third-order valence-corrected chi connectivity index (χ3v) is 4.70. The summed E-state index contributed by atoms with van der Waals surface area (Å²) in [5.41, 5.74) is 1.14. The number of carbonyl (C=O) groups is 2. The Hall–Kier alpha value is -2.70. The second kappa shape index (κ2) is 11.5. The summed E-state index contributed by atoms with van der Waals surface area (Å²) in [6.07, 6.45) is 3.78. The Bertz CT molecular complexity index is 909. The van der Waals surface area contributed by atoms with E-state index >= 15 is 0 Å². The molecule has 0 aliphatic carbocycles. The summed E-state index contributed by atoms with van der Waals surface area (Å²) in [5.74, 6) is 0.581. The van der Waals surface area contributed by atoms with Gasteiger partial charge in [-0.2, -0.15) is 0 Å². The van der Waals surface area contributed by atoms with Crippen LogP contribution in [0.15, 0.2) is 42.5 Å². The monoisotopic (exact) mass is 450 g/mol. The first-order valence-electron chi connectivity index (χ1n) is 9.31. The van der Waals surface area contributed by atoms with Crippen LogP contribution in [-0.4, -0.2) is 44.0 Å². The van der Waals surface area contributed by atoms with Gasteiger partial charge >= 0.3 is 0 Å². The number of benzene rings is 2. The number of nitrogens with one attached hydrogen (secondary N) is 1. The minimum absolute atomic E-state index is 0.110. The fraction of sp³-hybridized carbons (Fsp3) is 0.273. The lowest BCUT2D eigenvalue weighted by molar-refractivity contribution is -0.130. The first-order valence-corrected chi connectivity index (χ1v) is 10.1. The van der Waals surface area contributed by atoms with E-state index in [1.807, 2.05) is 6.92 Å². The van der Waals surface area contributed by atoms with E-state index in [-0.39, 0.29) is 18.4 Å². The lowest BCUT2D eigenvalue weighted by Crippen LogP contribution is -2.37. The quantitative estimate of drug-likeness (QED) is 0.551. The minimum Gasteiger partial charge on any atom is -0.497 e. The van der Waals surface area contributed by atoms with Gasteiger partial charge in [-0.3, -0.25) is 9.59 Å². The Labute approximate surface area is 186 Å². The average molecular weight is 451 g/mol. The van der Waals surface area contributed by atoms with Gasteiger partial charge in [0.2, 0.25) is 11.8 Å². The molecule has 0 aliphatic rings. The lowest BCUT2D eigenvalue weighted by atomic mass is 10.2. The number of halogens is 2. The topological polar surface area (TPSA) is 67.9 Å². The molecule has 0 saturated carbocycles. The van der Waals surface area contributed by atoms with Gasteiger partial charge in [0.05, 0.1) is 24.9 Å². The van der Waals surface area contributed by atoms with Crippen molar-refractivity contribution < 1.29 is 19.1 Å². The molecule has 0 fully saturated rings. The highest BCUT2D eigenvalue weighted by Gasteiger charge is 2.15. The van der Waals surface area contributed by atoms with Gasteiger partial charge in [-0.1, -0.05) is 30.1 Å². The van der Waals surface area contributed by atoms with Gasteiger partial charge in [-0.05, 0) is 48.4 Å². The van der Waals surface area contributed by atoms with Crippen molar-refractivity contribution in [2.75, 3.05) is 32.6 Å². The Morgan fingerprint density at radius 2 is 1.73 bits per heavy atom. The van der Waals surface area contributed by atoms with Crippen LogP contribution in [0.25, 0.3) is 6.08 Å². The summed E-state index contributed by atoms with van der Waals surface area (Å²) in [5, 5.41) is 3.51. The van der Waals surface area contributed by atoms with Crippen LogP contribution >= 0.6 is 23.2 Å². The van der Waals surface area contributed by atoms with Crippen molar-refractivity contribution >= 4 is 46.8 Å². The maximum atomic E-state index is 12.7. The fourth-order valence-electron chi connectivity index (χ4n) is 2.69. The maximum absolute atomic E-state index is 12.7. The highest BCUT2D eigenvalue weighted by molar-refractivity contribution is 6.35. The smallest absolute Gasteiger partial charge is 0.247 e. The number of hydrogen-bond acceptors (Lipinski definition) is 4. The molecular weight excluding hydrogens is 427 g/mol. The molecule has 0 radical (unpaired) electrons. The summed E-state index contributed by atoms with van der Waals surface area (Å²) in [6.45, 7) is 2.26. The molecule has 0 aromatic heterocycles. The fourth-order valence-corrected chi connectivity index (χ4v) is 3.03. The van der Waals surface area contributed by atoms with E-state index in [1.54, 1.807) is 56.7 Å². The van der Waals surface area contributed by atoms with Gasteiger partial charge in [-0.15, -0.1) is 0 Å². The zero-order chi connectivity index (χ0) is 22.1. The van der Waals surface area contributed by atoms with Gasteiger partial charge in [0.15, 0.2) is 0 Å². The molecule has 0 saturated heterocycles. The Balaban J connectivity index is 2.09. The molecule has 0 aliphatic heterocycles. The molecule has 0 spiro atoms. The van der Waals surface area contributed by atoms with Gasteiger partial charge in [0.25, 0.3) is 0 Å². The van der Waals surface area contributed by atoms with Crippen molar-refractivity contribution in [3.63, 3.8) is 0 Å². The average Bonchev–Trinajstić information content (AvgIpc) is 2.73. The predicted octanol–water partition coefficient (Wildman–Crippen LogP) is 4.90. The third-order valence-electron chi connectivity index (χ3n) is 4.13. The van der Waals surface area contributed by atoms with Crippen molar-refractivity contribution in [1.82, 2.24) is 4.90 Å². The number of hydrogen-bond donors (Lipinski definition) is 1. The first-order chi connectivity index (χ1) is 14.4. The van der Waals surface area contributed by atoms with Crippen LogP contribution in [0.2, 0.25) is 10.0 Å². The SMILES string of the molecule is CCCN(CC(=O)Nc1cc(Cl)ccc1Cl)C(=O)C=Cc1cc(OC)cc(OC)c1. The molecule has 0 heterocycles. The molecule has 0 unspecified atom stereocenters. The van der Waals surface area contributed by atoms with Crippen molar-refractivity contribution in [3.05, 3.63) is 58.1 Å². The predicted molar refractivity (Wildman–Crippen MR) is 121 cm³/mol. The van der Waals surface area contributed by atoms with Crippen LogP contribution in [0.3, 0.4) is 0 Å². The Kier molecular flexibility index (Phi) is 9.02. The molecule has 0 atom stereocenters. The highest BCUT2D eigenvalue weighted by atomic mass is 35.5. The maximum Gasteiger partial charge on any atom is 0.247 e. The molecule has 160 valence electrons. The summed E-state index contributed by atoms with van der Waals surface area (Å²) in [6, 6.07) is 10.1. The van der Waals surface area contributed by atoms with Gasteiger partial charge < -0.3 is 19.7 Å². The van der Waals surface area contributed by atoms with E-state index < -0.39 is 0 Å². The molecule has 2 aromatic carbocycles. The van der Waals surface area contributed by atoms with E-state index in [4.69, 9.17) is 32.7 Å². The number of rotatable bonds is 9. The largest absolute Gasteiger partial charge is 0.497 e. The van der Waals surface area contributed by atoms with Crippen LogP contribution in [0.5, 0.6) is 11.5 Å². The number of carbonyl (C=O) groups excluding carboxylic acids is 2. The van der Waals surface area contributed by atoms with Crippen LogP contribution in [-0.2, 0) is 9.59 Å². The van der Waals surface area contributed by atoms with Crippen molar-refractivity contribution in [2.45, 2.75) is 13.3 Å². The molecule has 0 bridgehead atoms. The second-order valence-electron chi connectivity index (χ2n) is 6.41. The van der Waals surface area contributed by atoms with Crippen LogP contribution in [0.1, 0.15) is 18.9 Å². The Morgan fingerprint density at radius 1 is 1.07 bits per heavy atom. The Morgan fingerprint density at radius 3 is 2.33 bits per heavy atom. The van der Waals surface area contributed by atoms with E-state index in [0.717, 1.165) is 5.56 Å². The van der Waals surface area contributed by atoms with Crippen LogP contribution < -0.4 is 14.8 Å². The second-order valence-corrected chi connectivity index (χ2v) is 7.26. The lowest BCUT2D eigenvalue weighted by Gasteiger charge is -2.20. The number of amides is 2. The van der Waals surface area contributed by atoms with E-state index in [9.17, 15) is 9.59 Å². The van der Waals surface area contributed by atoms with E-state index in [2.05, 4.69) is 5.32 Å². The minimum atomic E-state index is -0.364. The van der Waals surface area contributed by atoms with E-state index in [0.29, 0.717) is 40.2 Å². The van der Waals surface area contributed by atoms with Crippen LogP contribution in [0, 0.1) is 0 Å². The molecule has 6 nitrogen and oxygen atoms in total. The number of anilines is 1. The van der Waals surface area contributed by atoms with Gasteiger partial charge in [-0.25, -0.2) is 0 Å². The molecule has 2 amide bonds. The van der Waals surface area contributed by atoms with Gasteiger partial charge in [0.1, 0.15) is 18.0 Å². The normalized spacial score (nSPS) is 10.7. The molecule has 2 aromatic rings. The molecule has 1 N–H and O–H groups in total. The molecular formula is C22H24Cl2N2O4. The summed E-state index contributed by atoms with van der Waals surface area (Å²) >= 11 is 12.0.